The smallest absolute Gasteiger partial charge is 0.317 e. The molecular formula is C12H21ClN2O2. The normalized spacial score (nSPS) is 22.7. The predicted molar refractivity (Wildman–Crippen MR) is 69.3 cm³/mol. The van der Waals surface area contributed by atoms with Crippen molar-refractivity contribution < 1.29 is 9.90 Å². The van der Waals surface area contributed by atoms with Crippen LogP contribution in [0.4, 0.5) is 0 Å². The van der Waals surface area contributed by atoms with Crippen LogP contribution < -0.4 is 5.32 Å². The number of hydrogen-bond acceptors (Lipinski definition) is 3. The lowest BCUT2D eigenvalue weighted by atomic mass is 9.97. The Bertz CT molecular complexity index is 282. The molecule has 2 N–H and O–H groups in total. The molecule has 0 saturated carbocycles. The fourth-order valence-electron chi connectivity index (χ4n) is 2.23. The Morgan fingerprint density at radius 2 is 2.41 bits per heavy atom. The minimum Gasteiger partial charge on any atom is -0.480 e. The van der Waals surface area contributed by atoms with Crippen LogP contribution in [0.2, 0.25) is 0 Å². The summed E-state index contributed by atoms with van der Waals surface area (Å²) in [6.45, 7) is 5.91. The van der Waals surface area contributed by atoms with Crippen molar-refractivity contribution >= 4 is 17.6 Å². The molecule has 0 aromatic heterocycles. The molecule has 0 aromatic rings. The summed E-state index contributed by atoms with van der Waals surface area (Å²) in [5.74, 6) is -0.246. The third-order valence-electron chi connectivity index (χ3n) is 2.97. The van der Waals surface area contributed by atoms with Gasteiger partial charge in [0.1, 0.15) is 0 Å². The van der Waals surface area contributed by atoms with E-state index in [0.717, 1.165) is 26.2 Å². The van der Waals surface area contributed by atoms with Gasteiger partial charge in [0.05, 0.1) is 6.54 Å². The van der Waals surface area contributed by atoms with Gasteiger partial charge in [-0.2, -0.15) is 0 Å². The molecule has 0 aromatic carbocycles. The summed E-state index contributed by atoms with van der Waals surface area (Å²) >= 11 is 5.66. The number of rotatable bonds is 6. The van der Waals surface area contributed by atoms with Crippen LogP contribution in [-0.2, 0) is 4.79 Å². The van der Waals surface area contributed by atoms with Gasteiger partial charge in [-0.15, -0.1) is 0 Å². The number of carbonyl (C=O) groups is 1. The molecule has 0 spiro atoms. The maximum absolute atomic E-state index is 10.4. The van der Waals surface area contributed by atoms with Gasteiger partial charge in [0.25, 0.3) is 0 Å². The molecule has 5 heteroatoms. The summed E-state index contributed by atoms with van der Waals surface area (Å²) in [4.78, 5) is 12.8. The quantitative estimate of drug-likeness (QED) is 0.760. The first-order valence-corrected chi connectivity index (χ1v) is 6.46. The minimum atomic E-state index is -0.793. The summed E-state index contributed by atoms with van der Waals surface area (Å²) in [7, 11) is 0. The lowest BCUT2D eigenvalue weighted by Gasteiger charge is -2.32. The molecule has 0 amide bonds. The number of halogens is 1. The Morgan fingerprint density at radius 3 is 3.06 bits per heavy atom. The second-order valence-electron chi connectivity index (χ2n) is 4.72. The van der Waals surface area contributed by atoms with Gasteiger partial charge in [-0.25, -0.2) is 0 Å². The SMILES string of the molecule is CC(=CCl)CN1CCCC(CNCC(=O)O)C1. The van der Waals surface area contributed by atoms with E-state index in [0.29, 0.717) is 5.92 Å². The van der Waals surface area contributed by atoms with E-state index < -0.39 is 5.97 Å². The summed E-state index contributed by atoms with van der Waals surface area (Å²) in [6.07, 6.45) is 2.35. The highest BCUT2D eigenvalue weighted by atomic mass is 35.5. The molecule has 1 rings (SSSR count). The Balaban J connectivity index is 2.26. The van der Waals surface area contributed by atoms with Gasteiger partial charge in [0.15, 0.2) is 0 Å². The maximum atomic E-state index is 10.4. The molecule has 0 radical (unpaired) electrons. The third-order valence-corrected chi connectivity index (χ3v) is 3.34. The number of carboxylic acid groups (broad SMARTS) is 1. The van der Waals surface area contributed by atoms with E-state index in [1.807, 2.05) is 6.92 Å². The summed E-state index contributed by atoms with van der Waals surface area (Å²) in [5, 5.41) is 11.5. The topological polar surface area (TPSA) is 52.6 Å². The molecule has 1 fully saturated rings. The number of hydrogen-bond donors (Lipinski definition) is 2. The maximum Gasteiger partial charge on any atom is 0.317 e. The number of nitrogens with one attached hydrogen (secondary N) is 1. The zero-order valence-electron chi connectivity index (χ0n) is 10.3. The van der Waals surface area contributed by atoms with Crippen molar-refractivity contribution in [3.63, 3.8) is 0 Å². The lowest BCUT2D eigenvalue weighted by molar-refractivity contribution is -0.136. The fraction of sp³-hybridized carbons (Fsp3) is 0.750. The van der Waals surface area contributed by atoms with Crippen molar-refractivity contribution in [3.05, 3.63) is 11.1 Å². The van der Waals surface area contributed by atoms with Crippen LogP contribution in [0.25, 0.3) is 0 Å². The zero-order valence-corrected chi connectivity index (χ0v) is 11.0. The van der Waals surface area contributed by atoms with E-state index in [1.165, 1.54) is 18.4 Å². The molecule has 1 atom stereocenters. The van der Waals surface area contributed by atoms with Crippen molar-refractivity contribution in [2.45, 2.75) is 19.8 Å². The van der Waals surface area contributed by atoms with Crippen LogP contribution >= 0.6 is 11.6 Å². The molecule has 98 valence electrons. The standard InChI is InChI=1S/C12H21ClN2O2/c1-10(5-13)8-15-4-2-3-11(9-15)6-14-7-12(16)17/h5,11,14H,2-4,6-9H2,1H3,(H,16,17). The van der Waals surface area contributed by atoms with Gasteiger partial charge in [-0.05, 0) is 44.3 Å². The van der Waals surface area contributed by atoms with Crippen molar-refractivity contribution in [1.29, 1.82) is 0 Å². The van der Waals surface area contributed by atoms with E-state index in [1.54, 1.807) is 5.54 Å². The van der Waals surface area contributed by atoms with Crippen LogP contribution in [0.1, 0.15) is 19.8 Å². The van der Waals surface area contributed by atoms with Gasteiger partial charge in [-0.1, -0.05) is 11.6 Å². The Hall–Kier alpha value is -0.580. The third kappa shape index (κ3) is 6.05. The number of likely N-dealkylation sites (tertiary alicyclic amines) is 1. The Morgan fingerprint density at radius 1 is 1.65 bits per heavy atom. The second kappa shape index (κ2) is 7.69. The van der Waals surface area contributed by atoms with Crippen LogP contribution in [0, 0.1) is 5.92 Å². The highest BCUT2D eigenvalue weighted by Gasteiger charge is 2.19. The number of aliphatic carboxylic acids is 1. The Labute approximate surface area is 108 Å². The van der Waals surface area contributed by atoms with Crippen molar-refractivity contribution in [2.75, 3.05) is 32.7 Å². The zero-order chi connectivity index (χ0) is 12.7. The molecule has 0 bridgehead atoms. The molecule has 0 aliphatic carbocycles. The molecule has 1 unspecified atom stereocenters. The monoisotopic (exact) mass is 260 g/mol. The fourth-order valence-corrected chi connectivity index (χ4v) is 2.30. The largest absolute Gasteiger partial charge is 0.480 e. The number of nitrogens with zero attached hydrogens (tertiary/aromatic N) is 1. The minimum absolute atomic E-state index is 0.0527. The van der Waals surface area contributed by atoms with Crippen LogP contribution in [-0.4, -0.2) is 48.7 Å². The molecule has 4 nitrogen and oxygen atoms in total. The van der Waals surface area contributed by atoms with E-state index in [4.69, 9.17) is 16.7 Å². The molecule has 17 heavy (non-hydrogen) atoms. The average Bonchev–Trinajstić information content (AvgIpc) is 2.29. The molecule has 1 heterocycles. The Kier molecular flexibility index (Phi) is 6.55. The predicted octanol–water partition coefficient (Wildman–Crippen LogP) is 1.52. The molecular weight excluding hydrogens is 240 g/mol. The number of piperidine rings is 1. The van der Waals surface area contributed by atoms with E-state index in [2.05, 4.69) is 10.2 Å². The van der Waals surface area contributed by atoms with E-state index in [9.17, 15) is 4.79 Å². The van der Waals surface area contributed by atoms with Gasteiger partial charge in [0.2, 0.25) is 0 Å². The van der Waals surface area contributed by atoms with Gasteiger partial charge in [0, 0.05) is 18.6 Å². The van der Waals surface area contributed by atoms with Crippen molar-refractivity contribution in [1.82, 2.24) is 10.2 Å². The second-order valence-corrected chi connectivity index (χ2v) is 4.94. The summed E-state index contributed by atoms with van der Waals surface area (Å²) in [5.41, 5.74) is 2.80. The first kappa shape index (κ1) is 14.5. The van der Waals surface area contributed by atoms with Crippen LogP contribution in [0.5, 0.6) is 0 Å². The summed E-state index contributed by atoms with van der Waals surface area (Å²) in [6, 6.07) is 0. The van der Waals surface area contributed by atoms with E-state index >= 15 is 0 Å². The number of carboxylic acids is 1. The summed E-state index contributed by atoms with van der Waals surface area (Å²) < 4.78 is 0. The molecule has 1 saturated heterocycles. The van der Waals surface area contributed by atoms with Crippen LogP contribution in [0.3, 0.4) is 0 Å². The first-order valence-electron chi connectivity index (χ1n) is 6.02. The molecule has 1 aliphatic heterocycles. The van der Waals surface area contributed by atoms with Gasteiger partial charge >= 0.3 is 5.97 Å². The highest BCUT2D eigenvalue weighted by Crippen LogP contribution is 2.16. The van der Waals surface area contributed by atoms with Crippen LogP contribution in [0.15, 0.2) is 11.1 Å². The lowest BCUT2D eigenvalue weighted by Crippen LogP contribution is -2.41. The average molecular weight is 261 g/mol. The highest BCUT2D eigenvalue weighted by molar-refractivity contribution is 6.25. The van der Waals surface area contributed by atoms with Crippen molar-refractivity contribution in [2.24, 2.45) is 5.92 Å². The van der Waals surface area contributed by atoms with Gasteiger partial charge < -0.3 is 10.4 Å². The first-order chi connectivity index (χ1) is 8.11. The molecule has 1 aliphatic rings. The van der Waals surface area contributed by atoms with Crippen molar-refractivity contribution in [3.8, 4) is 0 Å². The van der Waals surface area contributed by atoms with E-state index in [-0.39, 0.29) is 6.54 Å². The van der Waals surface area contributed by atoms with Gasteiger partial charge in [-0.3, -0.25) is 9.69 Å².